The number of aromatic nitrogens is 2. The van der Waals surface area contributed by atoms with E-state index in [2.05, 4.69) is 25.9 Å². The number of halogens is 1. The first-order valence-electron chi connectivity index (χ1n) is 7.07. The molecule has 0 spiro atoms. The minimum absolute atomic E-state index is 0.0265. The Morgan fingerprint density at radius 3 is 2.46 bits per heavy atom. The highest BCUT2D eigenvalue weighted by molar-refractivity contribution is 9.10. The second-order valence-corrected chi connectivity index (χ2v) is 8.00. The molecule has 1 atom stereocenters. The van der Waals surface area contributed by atoms with Gasteiger partial charge in [-0.1, -0.05) is 15.9 Å². The predicted octanol–water partition coefficient (Wildman–Crippen LogP) is 1.53. The molecule has 0 bridgehead atoms. The first kappa shape index (κ1) is 17.0. The summed E-state index contributed by atoms with van der Waals surface area (Å²) < 4.78 is 32.7. The van der Waals surface area contributed by atoms with Crippen LogP contribution in [0.5, 0.6) is 0 Å². The first-order chi connectivity index (χ1) is 11.4. The van der Waals surface area contributed by atoms with Gasteiger partial charge in [-0.15, -0.1) is 0 Å². The van der Waals surface area contributed by atoms with Gasteiger partial charge in [0.2, 0.25) is 10.0 Å². The fourth-order valence-corrected chi connectivity index (χ4v) is 4.38. The van der Waals surface area contributed by atoms with Gasteiger partial charge in [-0.05, 0) is 24.3 Å². The van der Waals surface area contributed by atoms with Gasteiger partial charge in [0.25, 0.3) is 0 Å². The van der Waals surface area contributed by atoms with Crippen LogP contribution in [0.1, 0.15) is 11.4 Å². The molecule has 0 saturated heterocycles. The van der Waals surface area contributed by atoms with Gasteiger partial charge in [-0.3, -0.25) is 14.8 Å². The van der Waals surface area contributed by atoms with Crippen molar-refractivity contribution >= 4 is 31.9 Å². The first-order valence-corrected chi connectivity index (χ1v) is 9.31. The molecule has 126 valence electrons. The molecule has 0 radical (unpaired) electrons. The molecule has 1 aromatic heterocycles. The Balaban J connectivity index is 2.05. The molecule has 2 aromatic rings. The molecule has 0 saturated carbocycles. The van der Waals surface area contributed by atoms with Crippen LogP contribution in [0.4, 0.5) is 0 Å². The van der Waals surface area contributed by atoms with Crippen LogP contribution in [0.25, 0.3) is 0 Å². The second-order valence-electron chi connectivity index (χ2n) is 5.20. The van der Waals surface area contributed by atoms with Gasteiger partial charge in [0.15, 0.2) is 0 Å². The summed E-state index contributed by atoms with van der Waals surface area (Å²) in [6, 6.07) is 5.28. The Kier molecular flexibility index (Phi) is 4.66. The van der Waals surface area contributed by atoms with E-state index in [1.807, 2.05) is 0 Å². The van der Waals surface area contributed by atoms with Crippen LogP contribution in [-0.2, 0) is 32.5 Å². The highest BCUT2D eigenvalue weighted by atomic mass is 79.9. The van der Waals surface area contributed by atoms with E-state index < -0.39 is 22.0 Å². The highest BCUT2D eigenvalue weighted by Crippen LogP contribution is 2.28. The fraction of sp³-hybridized carbons (Fsp3) is 0.267. The molecule has 0 amide bonds. The summed E-state index contributed by atoms with van der Waals surface area (Å²) in [5.41, 5.74) is 1.15. The van der Waals surface area contributed by atoms with E-state index >= 15 is 0 Å². The Hall–Kier alpha value is -1.84. The lowest BCUT2D eigenvalue weighted by Gasteiger charge is -2.32. The summed E-state index contributed by atoms with van der Waals surface area (Å²) in [6.45, 7) is -0.0265. The maximum atomic E-state index is 13.0. The number of esters is 1. The average molecular weight is 412 g/mol. The molecule has 0 N–H and O–H groups in total. The number of hydrogen-bond acceptors (Lipinski definition) is 6. The molecular formula is C15H14BrN3O4S. The molecule has 0 aliphatic carbocycles. The maximum Gasteiger partial charge on any atom is 0.324 e. The van der Waals surface area contributed by atoms with Crippen molar-refractivity contribution in [2.75, 3.05) is 7.11 Å². The molecule has 3 rings (SSSR count). The summed E-state index contributed by atoms with van der Waals surface area (Å²) in [5.74, 6) is -0.619. The Bertz CT molecular complexity index is 871. The summed E-state index contributed by atoms with van der Waals surface area (Å²) in [4.78, 5) is 20.6. The van der Waals surface area contributed by atoms with E-state index in [9.17, 15) is 13.2 Å². The summed E-state index contributed by atoms with van der Waals surface area (Å²) in [5, 5.41) is 0. The predicted molar refractivity (Wildman–Crippen MR) is 88.4 cm³/mol. The van der Waals surface area contributed by atoms with Crippen LogP contribution in [0.15, 0.2) is 46.0 Å². The van der Waals surface area contributed by atoms with Gasteiger partial charge in [0, 0.05) is 23.3 Å². The molecule has 0 fully saturated rings. The van der Waals surface area contributed by atoms with Gasteiger partial charge < -0.3 is 4.74 Å². The quantitative estimate of drug-likeness (QED) is 0.711. The topological polar surface area (TPSA) is 89.5 Å². The average Bonchev–Trinajstić information content (AvgIpc) is 2.60. The molecule has 1 unspecified atom stereocenters. The van der Waals surface area contributed by atoms with Crippen LogP contribution in [0.3, 0.4) is 0 Å². The van der Waals surface area contributed by atoms with Crippen molar-refractivity contribution in [2.45, 2.75) is 23.9 Å². The van der Waals surface area contributed by atoms with Crippen LogP contribution in [0, 0.1) is 0 Å². The third kappa shape index (κ3) is 3.06. The zero-order valence-electron chi connectivity index (χ0n) is 12.7. The molecule has 1 aliphatic heterocycles. The SMILES string of the molecule is COC(=O)C1Cc2nccnc2CN1S(=O)(=O)c1ccc(Br)cc1. The van der Waals surface area contributed by atoms with Gasteiger partial charge in [-0.25, -0.2) is 8.42 Å². The standard InChI is InChI=1S/C15H14BrN3O4S/c1-23-15(20)14-8-12-13(18-7-6-17-12)9-19(14)24(21,22)11-4-2-10(16)3-5-11/h2-7,14H,8-9H2,1H3. The summed E-state index contributed by atoms with van der Waals surface area (Å²) >= 11 is 3.28. The number of fused-ring (bicyclic) bond motifs is 1. The van der Waals surface area contributed by atoms with Gasteiger partial charge in [0.1, 0.15) is 6.04 Å². The lowest BCUT2D eigenvalue weighted by Crippen LogP contribution is -2.49. The van der Waals surface area contributed by atoms with Crippen LogP contribution >= 0.6 is 15.9 Å². The maximum absolute atomic E-state index is 13.0. The van der Waals surface area contributed by atoms with Gasteiger partial charge in [-0.2, -0.15) is 4.31 Å². The van der Waals surface area contributed by atoms with E-state index in [4.69, 9.17) is 4.74 Å². The molecule has 7 nitrogen and oxygen atoms in total. The van der Waals surface area contributed by atoms with Crippen molar-refractivity contribution in [1.29, 1.82) is 0 Å². The van der Waals surface area contributed by atoms with Crippen molar-refractivity contribution in [3.63, 3.8) is 0 Å². The molecule has 9 heteroatoms. The number of rotatable bonds is 3. The normalized spacial score (nSPS) is 18.0. The van der Waals surface area contributed by atoms with Crippen molar-refractivity contribution in [3.8, 4) is 0 Å². The number of benzene rings is 1. The number of ether oxygens (including phenoxy) is 1. The van der Waals surface area contributed by atoms with Crippen molar-refractivity contribution in [2.24, 2.45) is 0 Å². The summed E-state index contributed by atoms with van der Waals surface area (Å²) in [7, 11) is -2.65. The van der Waals surface area contributed by atoms with Crippen LogP contribution in [0.2, 0.25) is 0 Å². The third-order valence-electron chi connectivity index (χ3n) is 3.79. The Morgan fingerprint density at radius 1 is 1.21 bits per heavy atom. The van der Waals surface area contributed by atoms with E-state index in [-0.39, 0.29) is 17.9 Å². The van der Waals surface area contributed by atoms with Crippen LogP contribution < -0.4 is 0 Å². The van der Waals surface area contributed by atoms with Gasteiger partial charge in [0.05, 0.1) is 29.9 Å². The number of nitrogens with zero attached hydrogens (tertiary/aromatic N) is 3. The fourth-order valence-electron chi connectivity index (χ4n) is 2.57. The number of carbonyl (C=O) groups is 1. The summed E-state index contributed by atoms with van der Waals surface area (Å²) in [6.07, 6.45) is 3.15. The van der Waals surface area contributed by atoms with Crippen molar-refractivity contribution in [3.05, 3.63) is 52.5 Å². The minimum Gasteiger partial charge on any atom is -0.468 e. The van der Waals surface area contributed by atoms with Crippen molar-refractivity contribution < 1.29 is 17.9 Å². The van der Waals surface area contributed by atoms with E-state index in [1.54, 1.807) is 12.1 Å². The monoisotopic (exact) mass is 411 g/mol. The van der Waals surface area contributed by atoms with E-state index in [0.29, 0.717) is 11.4 Å². The molecule has 24 heavy (non-hydrogen) atoms. The Morgan fingerprint density at radius 2 is 1.83 bits per heavy atom. The smallest absolute Gasteiger partial charge is 0.324 e. The van der Waals surface area contributed by atoms with Crippen molar-refractivity contribution in [1.82, 2.24) is 14.3 Å². The van der Waals surface area contributed by atoms with E-state index in [1.165, 1.54) is 31.6 Å². The number of carbonyl (C=O) groups excluding carboxylic acids is 1. The second kappa shape index (κ2) is 6.58. The Labute approximate surface area is 147 Å². The lowest BCUT2D eigenvalue weighted by atomic mass is 10.1. The number of methoxy groups -OCH3 is 1. The molecule has 1 aliphatic rings. The van der Waals surface area contributed by atoms with Gasteiger partial charge >= 0.3 is 5.97 Å². The molecule has 2 heterocycles. The zero-order valence-corrected chi connectivity index (χ0v) is 15.1. The molecule has 1 aromatic carbocycles. The van der Waals surface area contributed by atoms with Crippen LogP contribution in [-0.4, -0.2) is 41.8 Å². The zero-order chi connectivity index (χ0) is 17.3. The molecular weight excluding hydrogens is 398 g/mol. The largest absolute Gasteiger partial charge is 0.468 e. The minimum atomic E-state index is -3.88. The number of sulfonamides is 1. The third-order valence-corrected chi connectivity index (χ3v) is 6.19. The lowest BCUT2D eigenvalue weighted by molar-refractivity contribution is -0.145. The number of hydrogen-bond donors (Lipinski definition) is 0. The van der Waals surface area contributed by atoms with E-state index in [0.717, 1.165) is 8.78 Å². The highest BCUT2D eigenvalue weighted by Gasteiger charge is 2.41.